The van der Waals surface area contributed by atoms with Crippen LogP contribution in [0.3, 0.4) is 0 Å². The van der Waals surface area contributed by atoms with E-state index in [9.17, 15) is 9.18 Å². The summed E-state index contributed by atoms with van der Waals surface area (Å²) < 4.78 is 20.8. The van der Waals surface area contributed by atoms with E-state index in [2.05, 4.69) is 0 Å². The van der Waals surface area contributed by atoms with Gasteiger partial charge in [-0.25, -0.2) is 4.39 Å². The average Bonchev–Trinajstić information content (AvgIpc) is 3.37. The van der Waals surface area contributed by atoms with Gasteiger partial charge in [0.15, 0.2) is 0 Å². The van der Waals surface area contributed by atoms with Crippen molar-refractivity contribution in [3.63, 3.8) is 0 Å². The summed E-state index contributed by atoms with van der Waals surface area (Å²) >= 11 is 7.15. The first-order chi connectivity index (χ1) is 17.5. The molecule has 2 heterocycles. The predicted octanol–water partition coefficient (Wildman–Crippen LogP) is 6.82. The molecule has 4 bridgehead atoms. The quantitative estimate of drug-likeness (QED) is 0.233. The fraction of sp³-hybridized carbons (Fsp3) is 0.517. The van der Waals surface area contributed by atoms with Crippen LogP contribution < -0.4 is 0 Å². The van der Waals surface area contributed by atoms with Crippen LogP contribution in [0.15, 0.2) is 39.7 Å². The topological polar surface area (TPSA) is 53.7 Å². The van der Waals surface area contributed by atoms with Gasteiger partial charge in [-0.05, 0) is 98.8 Å². The van der Waals surface area contributed by atoms with Gasteiger partial charge < -0.3 is 9.52 Å². The van der Waals surface area contributed by atoms with Gasteiger partial charge in [0.05, 0.1) is 4.91 Å². The highest BCUT2D eigenvalue weighted by Crippen LogP contribution is 2.56. The number of thiocarbonyl (C=S) groups is 1. The van der Waals surface area contributed by atoms with Gasteiger partial charge in [-0.2, -0.15) is 0 Å². The van der Waals surface area contributed by atoms with Crippen LogP contribution in [0.4, 0.5) is 4.39 Å². The van der Waals surface area contributed by atoms with Crippen LogP contribution in [-0.2, 0) is 11.2 Å². The number of aliphatic hydroxyl groups excluding tert-OH is 1. The van der Waals surface area contributed by atoms with Crippen molar-refractivity contribution >= 4 is 40.3 Å². The normalized spacial score (nSPS) is 30.2. The summed E-state index contributed by atoms with van der Waals surface area (Å²) in [6.45, 7) is 0.180. The zero-order valence-electron chi connectivity index (χ0n) is 20.3. The standard InChI is InChI=1S/C29H32FNO3S2/c30-23-7-4-6-19(14-23)24-15-20(5-2-1-3-8-32)25(34-24)16-26-28(33)31(29(35)36-26)27-21-10-17-9-18(12-21)13-22(27)11-17/h4,6-7,14-18,21-22,27,32H,1-3,5,8-13H2. The maximum atomic E-state index is 13.9. The minimum absolute atomic E-state index is 0.0115. The van der Waals surface area contributed by atoms with Crippen molar-refractivity contribution in [3.05, 3.63) is 52.4 Å². The van der Waals surface area contributed by atoms with Crippen molar-refractivity contribution in [2.45, 2.75) is 63.8 Å². The number of hydrogen-bond acceptors (Lipinski definition) is 5. The minimum Gasteiger partial charge on any atom is -0.456 e. The summed E-state index contributed by atoms with van der Waals surface area (Å²) in [7, 11) is 0. The van der Waals surface area contributed by atoms with Crippen LogP contribution in [-0.4, -0.2) is 32.9 Å². The molecule has 4 nitrogen and oxygen atoms in total. The largest absolute Gasteiger partial charge is 0.456 e. The fourth-order valence-corrected chi connectivity index (χ4v) is 8.64. The molecule has 0 unspecified atom stereocenters. The van der Waals surface area contributed by atoms with Gasteiger partial charge in [-0.1, -0.05) is 42.5 Å². The Balaban J connectivity index is 1.28. The molecular weight excluding hydrogens is 493 g/mol. The van der Waals surface area contributed by atoms with E-state index in [-0.39, 0.29) is 24.4 Å². The van der Waals surface area contributed by atoms with Crippen LogP contribution in [0, 0.1) is 29.5 Å². The molecule has 2 aromatic rings. The molecule has 1 saturated heterocycles. The van der Waals surface area contributed by atoms with Crippen LogP contribution >= 0.6 is 24.0 Å². The molecule has 36 heavy (non-hydrogen) atoms. The smallest absolute Gasteiger partial charge is 0.266 e. The summed E-state index contributed by atoms with van der Waals surface area (Å²) in [4.78, 5) is 16.3. The monoisotopic (exact) mass is 525 g/mol. The third kappa shape index (κ3) is 4.59. The molecule has 0 atom stereocenters. The van der Waals surface area contributed by atoms with E-state index in [0.29, 0.717) is 38.1 Å². The predicted molar refractivity (Wildman–Crippen MR) is 145 cm³/mol. The van der Waals surface area contributed by atoms with Crippen LogP contribution in [0.25, 0.3) is 17.4 Å². The lowest BCUT2D eigenvalue weighted by atomic mass is 9.54. The van der Waals surface area contributed by atoms with Gasteiger partial charge in [0.1, 0.15) is 21.7 Å². The molecule has 4 saturated carbocycles. The van der Waals surface area contributed by atoms with E-state index in [1.807, 2.05) is 23.1 Å². The second-order valence-corrected chi connectivity index (χ2v) is 12.7. The van der Waals surface area contributed by atoms with Crippen molar-refractivity contribution in [2.24, 2.45) is 23.7 Å². The fourth-order valence-electron chi connectivity index (χ4n) is 7.32. The molecule has 190 valence electrons. The molecule has 5 aliphatic rings. The van der Waals surface area contributed by atoms with Crippen molar-refractivity contribution in [1.29, 1.82) is 0 Å². The number of unbranched alkanes of at least 4 members (excludes halogenated alkanes) is 2. The molecule has 5 fully saturated rings. The summed E-state index contributed by atoms with van der Waals surface area (Å²) in [5, 5.41) is 9.13. The molecule has 0 radical (unpaired) electrons. The van der Waals surface area contributed by atoms with Gasteiger partial charge in [0.2, 0.25) is 0 Å². The second-order valence-electron chi connectivity index (χ2n) is 11.0. The van der Waals surface area contributed by atoms with Crippen molar-refractivity contribution in [2.75, 3.05) is 6.61 Å². The first-order valence-electron chi connectivity index (χ1n) is 13.3. The van der Waals surface area contributed by atoms with Gasteiger partial charge in [0.25, 0.3) is 5.91 Å². The number of carbonyl (C=O) groups excluding carboxylic acids is 1. The Labute approximate surface area is 221 Å². The molecular formula is C29H32FNO3S2. The number of aryl methyl sites for hydroxylation is 1. The molecule has 1 aromatic heterocycles. The third-order valence-electron chi connectivity index (χ3n) is 8.62. The molecule has 4 aliphatic carbocycles. The minimum atomic E-state index is -0.313. The van der Waals surface area contributed by atoms with E-state index >= 15 is 0 Å². The number of aliphatic hydroxyl groups is 1. The first kappa shape index (κ1) is 24.4. The molecule has 7 heteroatoms. The Morgan fingerprint density at radius 2 is 1.83 bits per heavy atom. The van der Waals surface area contributed by atoms with E-state index in [1.165, 1.54) is 56.0 Å². The van der Waals surface area contributed by atoms with Crippen LogP contribution in [0.2, 0.25) is 0 Å². The number of carbonyl (C=O) groups is 1. The molecule has 1 aromatic carbocycles. The van der Waals surface area contributed by atoms with E-state index in [1.54, 1.807) is 6.07 Å². The zero-order chi connectivity index (χ0) is 24.8. The zero-order valence-corrected chi connectivity index (χ0v) is 22.0. The van der Waals surface area contributed by atoms with Gasteiger partial charge >= 0.3 is 0 Å². The Morgan fingerprint density at radius 1 is 1.08 bits per heavy atom. The van der Waals surface area contributed by atoms with Crippen LogP contribution in [0.5, 0.6) is 0 Å². The van der Waals surface area contributed by atoms with Crippen molar-refractivity contribution < 1.29 is 18.7 Å². The summed E-state index contributed by atoms with van der Waals surface area (Å²) in [6.07, 6.45) is 11.5. The summed E-state index contributed by atoms with van der Waals surface area (Å²) in [5.41, 5.74) is 1.67. The Morgan fingerprint density at radius 3 is 2.53 bits per heavy atom. The van der Waals surface area contributed by atoms with Gasteiger partial charge in [-0.15, -0.1) is 0 Å². The molecule has 7 rings (SSSR count). The third-order valence-corrected chi connectivity index (χ3v) is 9.95. The SMILES string of the molecule is O=C1C(=Cc2oc(-c3cccc(F)c3)cc2CCCCCO)SC(=S)N1C1C2CC3CC(C2)CC1C3. The maximum absolute atomic E-state index is 13.9. The van der Waals surface area contributed by atoms with Crippen LogP contribution in [0.1, 0.15) is 62.7 Å². The Hall–Kier alpha value is -1.96. The highest BCUT2D eigenvalue weighted by atomic mass is 32.2. The number of nitrogens with zero attached hydrogens (tertiary/aromatic N) is 1. The lowest BCUT2D eigenvalue weighted by molar-refractivity contribution is -0.130. The maximum Gasteiger partial charge on any atom is 0.266 e. The molecule has 1 aliphatic heterocycles. The van der Waals surface area contributed by atoms with E-state index in [4.69, 9.17) is 21.7 Å². The van der Waals surface area contributed by atoms with E-state index in [0.717, 1.165) is 43.1 Å². The van der Waals surface area contributed by atoms with Gasteiger partial charge in [0, 0.05) is 24.3 Å². The number of hydrogen-bond donors (Lipinski definition) is 1. The lowest BCUT2D eigenvalue weighted by Crippen LogP contribution is -2.57. The highest BCUT2D eigenvalue weighted by molar-refractivity contribution is 8.26. The average molecular weight is 526 g/mol. The Bertz CT molecular complexity index is 1180. The Kier molecular flexibility index (Phi) is 6.82. The number of amides is 1. The first-order valence-corrected chi connectivity index (χ1v) is 14.5. The van der Waals surface area contributed by atoms with Gasteiger partial charge in [-0.3, -0.25) is 9.69 Å². The molecule has 1 N–H and O–H groups in total. The highest BCUT2D eigenvalue weighted by Gasteiger charge is 2.53. The molecule has 0 spiro atoms. The number of halogens is 1. The summed E-state index contributed by atoms with van der Waals surface area (Å²) in [5.74, 6) is 3.77. The number of rotatable bonds is 8. The lowest BCUT2D eigenvalue weighted by Gasteiger charge is -2.56. The number of furan rings is 1. The summed E-state index contributed by atoms with van der Waals surface area (Å²) in [6, 6.07) is 8.58. The van der Waals surface area contributed by atoms with Crippen molar-refractivity contribution in [1.82, 2.24) is 4.90 Å². The van der Waals surface area contributed by atoms with E-state index < -0.39 is 0 Å². The second kappa shape index (κ2) is 10.1. The number of benzene rings is 1. The molecule has 1 amide bonds. The van der Waals surface area contributed by atoms with Crippen molar-refractivity contribution in [3.8, 4) is 11.3 Å². The number of thioether (sulfide) groups is 1.